The van der Waals surface area contributed by atoms with E-state index in [4.69, 9.17) is 0 Å². The number of carbonyl (C=O) groups is 1. The van der Waals surface area contributed by atoms with Crippen molar-refractivity contribution < 1.29 is 36.2 Å². The summed E-state index contributed by atoms with van der Waals surface area (Å²) in [5.41, 5.74) is -0.292. The largest absolute Gasteiger partial charge is 0.477 e. The fourth-order valence-corrected chi connectivity index (χ4v) is 4.10. The Balaban J connectivity index is 1.77. The van der Waals surface area contributed by atoms with Gasteiger partial charge in [-0.2, -0.15) is 26.3 Å². The number of thiazole rings is 1. The smallest absolute Gasteiger partial charge is 0.416 e. The molecule has 1 aromatic carbocycles. The van der Waals surface area contributed by atoms with Crippen LogP contribution in [-0.4, -0.2) is 40.2 Å². The first-order valence-corrected chi connectivity index (χ1v) is 9.46. The molecule has 0 saturated carbocycles. The summed E-state index contributed by atoms with van der Waals surface area (Å²) >= 11 is 0.829. The highest BCUT2D eigenvalue weighted by Gasteiger charge is 2.41. The van der Waals surface area contributed by atoms with Gasteiger partial charge >= 0.3 is 18.3 Å². The van der Waals surface area contributed by atoms with Crippen molar-refractivity contribution in [2.24, 2.45) is 5.92 Å². The second kappa shape index (κ2) is 7.94. The molecule has 0 aliphatic carbocycles. The number of hydrogen-bond donors (Lipinski definition) is 1. The van der Waals surface area contributed by atoms with Crippen LogP contribution in [-0.2, 0) is 12.7 Å². The van der Waals surface area contributed by atoms with Crippen LogP contribution in [0.1, 0.15) is 33.8 Å². The summed E-state index contributed by atoms with van der Waals surface area (Å²) < 4.78 is 76.4. The maximum Gasteiger partial charge on any atom is 0.416 e. The minimum atomic E-state index is -4.48. The van der Waals surface area contributed by atoms with Gasteiger partial charge in [0, 0.05) is 12.1 Å². The van der Waals surface area contributed by atoms with Crippen molar-refractivity contribution in [1.82, 2.24) is 9.88 Å². The van der Waals surface area contributed by atoms with E-state index in [1.807, 2.05) is 0 Å². The molecule has 0 amide bonds. The van der Waals surface area contributed by atoms with Crippen LogP contribution < -0.4 is 0 Å². The molecule has 1 aliphatic rings. The van der Waals surface area contributed by atoms with Gasteiger partial charge in [-0.15, -0.1) is 11.3 Å². The molecule has 1 aliphatic heterocycles. The average molecular weight is 438 g/mol. The minimum absolute atomic E-state index is 0.0677. The molecule has 3 rings (SSSR count). The molecule has 0 bridgehead atoms. The zero-order valence-corrected chi connectivity index (χ0v) is 15.7. The van der Waals surface area contributed by atoms with Gasteiger partial charge in [-0.3, -0.25) is 4.90 Å². The first kappa shape index (κ1) is 21.6. The summed E-state index contributed by atoms with van der Waals surface area (Å²) in [4.78, 5) is 17.4. The Labute approximate surface area is 165 Å². The van der Waals surface area contributed by atoms with Crippen molar-refractivity contribution in [2.45, 2.75) is 31.7 Å². The number of hydrogen-bond acceptors (Lipinski definition) is 4. The summed E-state index contributed by atoms with van der Waals surface area (Å²) in [7, 11) is 0. The second-order valence-corrected chi connectivity index (χ2v) is 7.77. The van der Waals surface area contributed by atoms with E-state index in [2.05, 4.69) is 4.98 Å². The van der Waals surface area contributed by atoms with Crippen LogP contribution in [0, 0.1) is 5.92 Å². The van der Waals surface area contributed by atoms with E-state index >= 15 is 0 Å². The number of benzene rings is 1. The van der Waals surface area contributed by atoms with E-state index in [0.717, 1.165) is 23.5 Å². The van der Waals surface area contributed by atoms with Gasteiger partial charge in [0.25, 0.3) is 0 Å². The van der Waals surface area contributed by atoms with E-state index in [0.29, 0.717) is 5.56 Å². The molecule has 1 fully saturated rings. The lowest BCUT2D eigenvalue weighted by Crippen LogP contribution is -2.38. The Hall–Kier alpha value is -2.14. The summed E-state index contributed by atoms with van der Waals surface area (Å²) in [6, 6.07) is 4.20. The zero-order chi connectivity index (χ0) is 21.4. The van der Waals surface area contributed by atoms with Crippen LogP contribution in [0.2, 0.25) is 0 Å². The molecule has 2 heterocycles. The lowest BCUT2D eigenvalue weighted by Gasteiger charge is -2.32. The van der Waals surface area contributed by atoms with E-state index in [1.54, 1.807) is 4.90 Å². The van der Waals surface area contributed by atoms with Crippen LogP contribution in [0.25, 0.3) is 10.6 Å². The molecular weight excluding hydrogens is 422 g/mol. The highest BCUT2D eigenvalue weighted by molar-refractivity contribution is 7.17. The van der Waals surface area contributed by atoms with Crippen molar-refractivity contribution in [1.29, 1.82) is 0 Å². The van der Waals surface area contributed by atoms with Gasteiger partial charge < -0.3 is 5.11 Å². The van der Waals surface area contributed by atoms with Gasteiger partial charge in [-0.25, -0.2) is 9.78 Å². The maximum absolute atomic E-state index is 12.8. The third kappa shape index (κ3) is 5.08. The second-order valence-electron chi connectivity index (χ2n) is 6.77. The highest BCUT2D eigenvalue weighted by atomic mass is 32.1. The molecule has 1 aromatic heterocycles. The summed E-state index contributed by atoms with van der Waals surface area (Å²) in [5.74, 6) is -2.60. The molecule has 158 valence electrons. The zero-order valence-electron chi connectivity index (χ0n) is 14.8. The number of carboxylic acid groups (broad SMARTS) is 1. The van der Waals surface area contributed by atoms with Gasteiger partial charge in [-0.1, -0.05) is 12.1 Å². The Bertz CT molecular complexity index is 868. The fourth-order valence-electron chi connectivity index (χ4n) is 3.18. The van der Waals surface area contributed by atoms with Crippen molar-refractivity contribution >= 4 is 17.3 Å². The van der Waals surface area contributed by atoms with Gasteiger partial charge in [0.15, 0.2) is 0 Å². The molecule has 2 aromatic rings. The average Bonchev–Trinajstić information content (AvgIpc) is 3.05. The number of aromatic carboxylic acids is 1. The van der Waals surface area contributed by atoms with Crippen LogP contribution in [0.15, 0.2) is 24.3 Å². The number of alkyl halides is 6. The molecule has 11 heteroatoms. The molecule has 0 unspecified atom stereocenters. The number of rotatable bonds is 4. The minimum Gasteiger partial charge on any atom is -0.477 e. The number of nitrogens with zero attached hydrogens (tertiary/aromatic N) is 2. The van der Waals surface area contributed by atoms with Gasteiger partial charge in [0.05, 0.1) is 17.2 Å². The SMILES string of the molecule is O=C(O)c1sc(-c2ccc(C(F)(F)F)cc2)nc1CN1CCC(C(F)(F)F)CC1. The molecule has 1 N–H and O–H groups in total. The Kier molecular flexibility index (Phi) is 5.91. The first-order chi connectivity index (χ1) is 13.4. The predicted octanol–water partition coefficient (Wildman–Crippen LogP) is 5.30. The van der Waals surface area contributed by atoms with Gasteiger partial charge in [0.1, 0.15) is 9.88 Å². The third-order valence-corrected chi connectivity index (χ3v) is 5.91. The number of likely N-dealkylation sites (tertiary alicyclic amines) is 1. The third-order valence-electron chi connectivity index (χ3n) is 4.77. The Morgan fingerprint density at radius 3 is 2.17 bits per heavy atom. The molecule has 0 atom stereocenters. The van der Waals surface area contributed by atoms with Crippen molar-refractivity contribution in [3.05, 3.63) is 40.4 Å². The summed E-state index contributed by atoms with van der Waals surface area (Å²) in [6.07, 6.45) is -8.86. The summed E-state index contributed by atoms with van der Waals surface area (Å²) in [6.45, 7) is 0.399. The van der Waals surface area contributed by atoms with Crippen LogP contribution >= 0.6 is 11.3 Å². The number of aromatic nitrogens is 1. The summed E-state index contributed by atoms with van der Waals surface area (Å²) in [5, 5.41) is 9.66. The van der Waals surface area contributed by atoms with Crippen LogP contribution in [0.3, 0.4) is 0 Å². The highest BCUT2D eigenvalue weighted by Crippen LogP contribution is 2.36. The van der Waals surface area contributed by atoms with Gasteiger partial charge in [-0.05, 0) is 38.1 Å². The van der Waals surface area contributed by atoms with Crippen molar-refractivity contribution in [3.63, 3.8) is 0 Å². The van der Waals surface area contributed by atoms with Crippen molar-refractivity contribution in [3.8, 4) is 10.6 Å². The normalized spacial score (nSPS) is 16.9. The monoisotopic (exact) mass is 438 g/mol. The van der Waals surface area contributed by atoms with Crippen LogP contribution in [0.4, 0.5) is 26.3 Å². The number of halogens is 6. The number of piperidine rings is 1. The first-order valence-electron chi connectivity index (χ1n) is 8.65. The van der Waals surface area contributed by atoms with Crippen molar-refractivity contribution in [2.75, 3.05) is 13.1 Å². The van der Waals surface area contributed by atoms with E-state index in [1.165, 1.54) is 12.1 Å². The van der Waals surface area contributed by atoms with E-state index in [-0.39, 0.29) is 48.1 Å². The quantitative estimate of drug-likeness (QED) is 0.659. The molecule has 0 radical (unpaired) electrons. The Morgan fingerprint density at radius 1 is 1.10 bits per heavy atom. The lowest BCUT2D eigenvalue weighted by molar-refractivity contribution is -0.185. The Morgan fingerprint density at radius 2 is 1.69 bits per heavy atom. The maximum atomic E-state index is 12.8. The lowest BCUT2D eigenvalue weighted by atomic mass is 9.96. The molecule has 0 spiro atoms. The van der Waals surface area contributed by atoms with E-state index in [9.17, 15) is 36.2 Å². The van der Waals surface area contributed by atoms with Gasteiger partial charge in [0.2, 0.25) is 0 Å². The topological polar surface area (TPSA) is 53.4 Å². The molecule has 4 nitrogen and oxygen atoms in total. The number of carboxylic acids is 1. The molecule has 29 heavy (non-hydrogen) atoms. The predicted molar refractivity (Wildman–Crippen MR) is 93.6 cm³/mol. The standard InChI is InChI=1S/C18H16F6N2O2S/c19-17(20,21)11-3-1-10(2-4-11)15-25-13(14(29-15)16(27)28)9-26-7-5-12(6-8-26)18(22,23)24/h1-4,12H,5-9H2,(H,27,28). The van der Waals surface area contributed by atoms with Crippen LogP contribution in [0.5, 0.6) is 0 Å². The van der Waals surface area contributed by atoms with E-state index < -0.39 is 29.8 Å². The molecular formula is C18H16F6N2O2S. The molecule has 1 saturated heterocycles. The fraction of sp³-hybridized carbons (Fsp3) is 0.444.